The highest BCUT2D eigenvalue weighted by atomic mass is 19.4. The predicted octanol–water partition coefficient (Wildman–Crippen LogP) is -1.82. The molecule has 11 nitrogen and oxygen atoms in total. The van der Waals surface area contributed by atoms with E-state index >= 15 is 0 Å². The quantitative estimate of drug-likeness (QED) is 0.405. The molecule has 2 aromatic heterocycles. The predicted molar refractivity (Wildman–Crippen MR) is 82.2 cm³/mol. The Morgan fingerprint density at radius 3 is 2.85 bits per heavy atom. The van der Waals surface area contributed by atoms with E-state index in [9.17, 15) is 33.0 Å². The Hall–Kier alpha value is -2.71. The third kappa shape index (κ3) is 3.33. The fourth-order valence-electron chi connectivity index (χ4n) is 2.92. The minimum atomic E-state index is -5.13. The number of amides is 1. The van der Waals surface area contributed by atoms with Crippen molar-refractivity contribution < 1.29 is 32.9 Å². The highest BCUT2D eigenvalue weighted by Crippen LogP contribution is 2.36. The summed E-state index contributed by atoms with van der Waals surface area (Å²) in [4.78, 5) is 33.1. The van der Waals surface area contributed by atoms with Crippen LogP contribution in [0, 0.1) is 0 Å². The number of anilines is 1. The van der Waals surface area contributed by atoms with Crippen molar-refractivity contribution in [2.45, 2.75) is 30.5 Å². The third-order valence-corrected chi connectivity index (χ3v) is 4.15. The molecule has 27 heavy (non-hydrogen) atoms. The van der Waals surface area contributed by atoms with Crippen molar-refractivity contribution in [3.63, 3.8) is 0 Å². The Bertz CT molecular complexity index is 927. The van der Waals surface area contributed by atoms with Gasteiger partial charge in [-0.25, -0.2) is 4.98 Å². The Morgan fingerprint density at radius 2 is 2.26 bits per heavy atom. The molecule has 0 aliphatic carbocycles. The van der Waals surface area contributed by atoms with Gasteiger partial charge in [-0.2, -0.15) is 18.2 Å². The molecule has 3 heterocycles. The van der Waals surface area contributed by atoms with Crippen LogP contribution >= 0.6 is 0 Å². The summed E-state index contributed by atoms with van der Waals surface area (Å²) in [5.74, 6) is -2.50. The monoisotopic (exact) mass is 392 g/mol. The summed E-state index contributed by atoms with van der Waals surface area (Å²) in [5, 5.41) is 21.0. The molecular formula is C13H15F3N6O5. The molecule has 3 atom stereocenters. The second-order valence-electron chi connectivity index (χ2n) is 5.97. The van der Waals surface area contributed by atoms with Gasteiger partial charge in [0.1, 0.15) is 6.10 Å². The molecule has 14 heteroatoms. The van der Waals surface area contributed by atoms with E-state index in [-0.39, 0.29) is 23.5 Å². The van der Waals surface area contributed by atoms with Crippen LogP contribution in [0.5, 0.6) is 0 Å². The van der Waals surface area contributed by atoms with Crippen LogP contribution in [0.2, 0.25) is 0 Å². The van der Waals surface area contributed by atoms with E-state index in [2.05, 4.69) is 15.0 Å². The molecule has 1 fully saturated rings. The number of nitrogen functional groups attached to an aromatic ring is 1. The summed E-state index contributed by atoms with van der Waals surface area (Å²) in [6.07, 6.45) is -6.76. The standard InChI is InChI=1S/C13H15F3N6O5/c14-13(15,16)10(26)18-3-12(1-5(24)6(2-23)27-12)22-4-19-7-8(22)20-11(17)21-9(7)25/h4-6,23-24H,1-3H2,(H,18,26)(H3,17,20,21,25)/t5-,6+,12-/m0/s1. The van der Waals surface area contributed by atoms with Gasteiger partial charge in [0.15, 0.2) is 16.9 Å². The smallest absolute Gasteiger partial charge is 0.394 e. The van der Waals surface area contributed by atoms with Crippen molar-refractivity contribution in [1.82, 2.24) is 24.8 Å². The largest absolute Gasteiger partial charge is 0.471 e. The maximum atomic E-state index is 12.5. The minimum Gasteiger partial charge on any atom is -0.394 e. The molecule has 0 spiro atoms. The van der Waals surface area contributed by atoms with E-state index in [1.807, 2.05) is 0 Å². The molecule has 1 aliphatic heterocycles. The van der Waals surface area contributed by atoms with E-state index < -0.39 is 48.7 Å². The summed E-state index contributed by atoms with van der Waals surface area (Å²) >= 11 is 0. The number of fused-ring (bicyclic) bond motifs is 1. The summed E-state index contributed by atoms with van der Waals surface area (Å²) in [7, 11) is 0. The molecule has 0 saturated carbocycles. The second-order valence-corrected chi connectivity index (χ2v) is 5.97. The molecule has 0 unspecified atom stereocenters. The van der Waals surface area contributed by atoms with Gasteiger partial charge in [0.25, 0.3) is 5.56 Å². The zero-order valence-electron chi connectivity index (χ0n) is 13.5. The fraction of sp³-hybridized carbons (Fsp3) is 0.538. The molecule has 1 amide bonds. The van der Waals surface area contributed by atoms with Gasteiger partial charge >= 0.3 is 12.1 Å². The van der Waals surface area contributed by atoms with Gasteiger partial charge in [-0.05, 0) is 0 Å². The molecule has 3 rings (SSSR count). The van der Waals surface area contributed by atoms with Crippen LogP contribution in [0.1, 0.15) is 6.42 Å². The first-order valence-corrected chi connectivity index (χ1v) is 7.62. The number of ether oxygens (including phenoxy) is 1. The van der Waals surface area contributed by atoms with Crippen molar-refractivity contribution >= 4 is 23.0 Å². The maximum Gasteiger partial charge on any atom is 0.471 e. The van der Waals surface area contributed by atoms with Gasteiger partial charge in [-0.3, -0.25) is 19.1 Å². The Labute approximate surface area is 148 Å². The van der Waals surface area contributed by atoms with Crippen LogP contribution in [0.25, 0.3) is 11.2 Å². The first kappa shape index (κ1) is 19.1. The number of nitrogens with zero attached hydrogens (tertiary/aromatic N) is 3. The van der Waals surface area contributed by atoms with Crippen molar-refractivity contribution in [2.75, 3.05) is 18.9 Å². The van der Waals surface area contributed by atoms with Crippen molar-refractivity contribution in [2.24, 2.45) is 0 Å². The molecular weight excluding hydrogens is 377 g/mol. The number of nitrogens with one attached hydrogen (secondary N) is 2. The molecule has 0 aromatic carbocycles. The second kappa shape index (κ2) is 6.47. The number of aromatic nitrogens is 4. The van der Waals surface area contributed by atoms with E-state index in [0.29, 0.717) is 0 Å². The van der Waals surface area contributed by atoms with E-state index in [1.54, 1.807) is 5.32 Å². The molecule has 2 aromatic rings. The first-order valence-electron chi connectivity index (χ1n) is 7.62. The van der Waals surface area contributed by atoms with E-state index in [4.69, 9.17) is 10.5 Å². The number of carbonyl (C=O) groups excluding carboxylic acids is 1. The molecule has 148 valence electrons. The van der Waals surface area contributed by atoms with Gasteiger partial charge < -0.3 is 26.0 Å². The Balaban J connectivity index is 2.06. The highest BCUT2D eigenvalue weighted by Gasteiger charge is 2.50. The van der Waals surface area contributed by atoms with Gasteiger partial charge in [-0.15, -0.1) is 0 Å². The summed E-state index contributed by atoms with van der Waals surface area (Å²) in [6.45, 7) is -1.36. The number of nitrogens with two attached hydrogens (primary N) is 1. The topological polar surface area (TPSA) is 168 Å². The number of H-pyrrole nitrogens is 1. The van der Waals surface area contributed by atoms with Gasteiger partial charge in [-0.1, -0.05) is 0 Å². The van der Waals surface area contributed by atoms with Crippen LogP contribution in [0.4, 0.5) is 19.1 Å². The van der Waals surface area contributed by atoms with Crippen molar-refractivity contribution in [3.8, 4) is 0 Å². The lowest BCUT2D eigenvalue weighted by Gasteiger charge is -2.31. The zero-order chi connectivity index (χ0) is 20.0. The number of hydrogen-bond acceptors (Lipinski definition) is 8. The third-order valence-electron chi connectivity index (χ3n) is 4.15. The van der Waals surface area contributed by atoms with Crippen molar-refractivity contribution in [1.29, 1.82) is 0 Å². The summed E-state index contributed by atoms with van der Waals surface area (Å²) in [5.41, 5.74) is 2.73. The SMILES string of the molecule is Nc1nc2c(ncn2[C@@]2(CNC(=O)C(F)(F)F)C[C@H](O)[C@@H](CO)O2)c(=O)[nH]1. The van der Waals surface area contributed by atoms with E-state index in [1.165, 1.54) is 0 Å². The molecule has 0 bridgehead atoms. The lowest BCUT2D eigenvalue weighted by atomic mass is 10.1. The number of carbonyl (C=O) groups is 1. The molecule has 6 N–H and O–H groups in total. The number of aromatic amines is 1. The Kier molecular flexibility index (Phi) is 4.57. The molecule has 0 radical (unpaired) electrons. The number of alkyl halides is 3. The average molecular weight is 392 g/mol. The lowest BCUT2D eigenvalue weighted by Crippen LogP contribution is -2.48. The highest BCUT2D eigenvalue weighted by molar-refractivity contribution is 5.81. The number of halogens is 3. The molecule has 1 aliphatic rings. The van der Waals surface area contributed by atoms with Gasteiger partial charge in [0.2, 0.25) is 5.95 Å². The minimum absolute atomic E-state index is 0.122. The van der Waals surface area contributed by atoms with Crippen molar-refractivity contribution in [3.05, 3.63) is 16.7 Å². The molecule has 1 saturated heterocycles. The lowest BCUT2D eigenvalue weighted by molar-refractivity contribution is -0.176. The van der Waals surface area contributed by atoms with E-state index in [0.717, 1.165) is 10.9 Å². The summed E-state index contributed by atoms with van der Waals surface area (Å²) < 4.78 is 44.3. The van der Waals surface area contributed by atoms with Gasteiger partial charge in [0.05, 0.1) is 25.6 Å². The van der Waals surface area contributed by atoms with Crippen LogP contribution in [-0.2, 0) is 15.3 Å². The number of imidazole rings is 1. The maximum absolute atomic E-state index is 12.5. The Morgan fingerprint density at radius 1 is 1.56 bits per heavy atom. The normalized spacial score (nSPS) is 25.8. The summed E-state index contributed by atoms with van der Waals surface area (Å²) in [6, 6.07) is 0. The number of rotatable bonds is 4. The van der Waals surface area contributed by atoms with Gasteiger partial charge in [0, 0.05) is 6.42 Å². The number of aliphatic hydroxyl groups excluding tert-OH is 2. The fourth-order valence-corrected chi connectivity index (χ4v) is 2.92. The average Bonchev–Trinajstić information content (AvgIpc) is 3.13. The first-order chi connectivity index (χ1) is 12.6. The van der Waals surface area contributed by atoms with Crippen LogP contribution in [0.3, 0.4) is 0 Å². The number of aliphatic hydroxyl groups is 2. The number of hydrogen-bond donors (Lipinski definition) is 5. The van der Waals surface area contributed by atoms with Crippen LogP contribution in [0.15, 0.2) is 11.1 Å². The zero-order valence-corrected chi connectivity index (χ0v) is 13.5. The van der Waals surface area contributed by atoms with Crippen LogP contribution < -0.4 is 16.6 Å². The van der Waals surface area contributed by atoms with Crippen LogP contribution in [-0.4, -0.2) is 67.2 Å².